The van der Waals surface area contributed by atoms with Crippen LogP contribution >= 0.6 is 0 Å². The smallest absolute Gasteiger partial charge is 0.0116 e. The van der Waals surface area contributed by atoms with Crippen molar-refractivity contribution in [3.8, 4) is 0 Å². The Morgan fingerprint density at radius 2 is 2.00 bits per heavy atom. The molecule has 0 heterocycles. The van der Waals surface area contributed by atoms with Gasteiger partial charge in [0.2, 0.25) is 0 Å². The van der Waals surface area contributed by atoms with Gasteiger partial charge in [0.1, 0.15) is 0 Å². The molecule has 0 aliphatic heterocycles. The average Bonchev–Trinajstić information content (AvgIpc) is 2.03. The summed E-state index contributed by atoms with van der Waals surface area (Å²) in [4.78, 5) is 0. The van der Waals surface area contributed by atoms with Crippen LogP contribution in [0.5, 0.6) is 0 Å². The van der Waals surface area contributed by atoms with Crippen molar-refractivity contribution in [3.05, 3.63) is 11.6 Å². The zero-order chi connectivity index (χ0) is 7.73. The van der Waals surface area contributed by atoms with Crippen LogP contribution in [0.1, 0.15) is 51.9 Å². The molecule has 0 amide bonds. The lowest BCUT2D eigenvalue weighted by Crippen LogP contribution is -2.25. The summed E-state index contributed by atoms with van der Waals surface area (Å²) in [7, 11) is 0. The van der Waals surface area contributed by atoms with Crippen molar-refractivity contribution >= 4 is 0 Å². The van der Waals surface area contributed by atoms with Crippen LogP contribution in [0.2, 0.25) is 0 Å². The first-order valence-corrected chi connectivity index (χ1v) is 5.01. The molecule has 2 rings (SSSR count). The van der Waals surface area contributed by atoms with Gasteiger partial charge in [-0.3, -0.25) is 0 Å². The van der Waals surface area contributed by atoms with E-state index >= 15 is 0 Å². The first kappa shape index (κ1) is 7.39. The van der Waals surface area contributed by atoms with Gasteiger partial charge in [-0.05, 0) is 43.9 Å². The molecule has 1 atom stereocenters. The second-order valence-electron chi connectivity index (χ2n) is 4.39. The molecule has 0 saturated heterocycles. The van der Waals surface area contributed by atoms with Crippen LogP contribution in [0.25, 0.3) is 0 Å². The lowest BCUT2D eigenvalue weighted by atomic mass is 9.66. The fraction of sp³-hybridized carbons (Fsp3) is 0.818. The Bertz CT molecular complexity index is 178. The molecular weight excluding hydrogens is 132 g/mol. The summed E-state index contributed by atoms with van der Waals surface area (Å²) in [5.74, 6) is 0. The second-order valence-corrected chi connectivity index (χ2v) is 4.39. The molecule has 2 aliphatic rings. The van der Waals surface area contributed by atoms with E-state index in [4.69, 9.17) is 0 Å². The molecular formula is C11H18. The largest absolute Gasteiger partial charge is 0.0848 e. The van der Waals surface area contributed by atoms with E-state index in [0.29, 0.717) is 5.41 Å². The monoisotopic (exact) mass is 150 g/mol. The molecule has 2 aliphatic carbocycles. The lowest BCUT2D eigenvalue weighted by molar-refractivity contribution is 0.262. The Morgan fingerprint density at radius 3 is 2.82 bits per heavy atom. The molecule has 0 N–H and O–H groups in total. The standard InChI is InChI=1S/C11H18/c1-11-8-4-2-6-10(11)7-3-5-9-11/h6H,2-5,7-9H2,1H3/t11-/m1/s1. The van der Waals surface area contributed by atoms with E-state index in [1.54, 1.807) is 5.57 Å². The van der Waals surface area contributed by atoms with Gasteiger partial charge in [0.25, 0.3) is 0 Å². The zero-order valence-electron chi connectivity index (χ0n) is 7.53. The lowest BCUT2D eigenvalue weighted by Gasteiger charge is -2.39. The fourth-order valence-electron chi connectivity index (χ4n) is 2.70. The molecule has 0 bridgehead atoms. The Balaban J connectivity index is 2.22. The number of rotatable bonds is 0. The van der Waals surface area contributed by atoms with Crippen molar-refractivity contribution in [2.24, 2.45) is 5.41 Å². The third-order valence-corrected chi connectivity index (χ3v) is 3.52. The van der Waals surface area contributed by atoms with Crippen molar-refractivity contribution in [1.29, 1.82) is 0 Å². The van der Waals surface area contributed by atoms with Crippen molar-refractivity contribution in [2.45, 2.75) is 51.9 Å². The molecule has 0 aromatic carbocycles. The Morgan fingerprint density at radius 1 is 1.18 bits per heavy atom. The van der Waals surface area contributed by atoms with Crippen molar-refractivity contribution < 1.29 is 0 Å². The van der Waals surface area contributed by atoms with Gasteiger partial charge in [0, 0.05) is 0 Å². The van der Waals surface area contributed by atoms with E-state index < -0.39 is 0 Å². The van der Waals surface area contributed by atoms with Crippen molar-refractivity contribution in [3.63, 3.8) is 0 Å². The van der Waals surface area contributed by atoms with Gasteiger partial charge in [-0.25, -0.2) is 0 Å². The molecule has 1 saturated carbocycles. The first-order chi connectivity index (χ1) is 5.31. The van der Waals surface area contributed by atoms with Crippen molar-refractivity contribution in [1.82, 2.24) is 0 Å². The maximum atomic E-state index is 2.52. The van der Waals surface area contributed by atoms with Crippen molar-refractivity contribution in [2.75, 3.05) is 0 Å². The van der Waals surface area contributed by atoms with E-state index in [1.165, 1.54) is 44.9 Å². The SMILES string of the molecule is C[C@]12CCCC=C1CCCC2. The topological polar surface area (TPSA) is 0 Å². The maximum absolute atomic E-state index is 2.52. The molecule has 0 nitrogen and oxygen atoms in total. The van der Waals surface area contributed by atoms with Gasteiger partial charge >= 0.3 is 0 Å². The molecule has 62 valence electrons. The van der Waals surface area contributed by atoms with E-state index in [-0.39, 0.29) is 0 Å². The predicted octanol–water partition coefficient (Wildman–Crippen LogP) is 3.68. The van der Waals surface area contributed by atoms with E-state index in [9.17, 15) is 0 Å². The molecule has 0 heteroatoms. The van der Waals surface area contributed by atoms with Crippen LogP contribution in [-0.2, 0) is 0 Å². The minimum atomic E-state index is 0.635. The minimum Gasteiger partial charge on any atom is -0.0848 e. The third kappa shape index (κ3) is 1.23. The molecule has 1 fully saturated rings. The minimum absolute atomic E-state index is 0.635. The number of hydrogen-bond donors (Lipinski definition) is 0. The summed E-state index contributed by atoms with van der Waals surface area (Å²) in [6.45, 7) is 2.47. The van der Waals surface area contributed by atoms with Crippen LogP contribution in [0.15, 0.2) is 11.6 Å². The van der Waals surface area contributed by atoms with Gasteiger partial charge in [-0.15, -0.1) is 0 Å². The highest BCUT2D eigenvalue weighted by Crippen LogP contribution is 2.46. The summed E-state index contributed by atoms with van der Waals surface area (Å²) < 4.78 is 0. The number of fused-ring (bicyclic) bond motifs is 1. The zero-order valence-corrected chi connectivity index (χ0v) is 7.53. The summed E-state index contributed by atoms with van der Waals surface area (Å²) >= 11 is 0. The highest BCUT2D eigenvalue weighted by molar-refractivity contribution is 5.18. The molecule has 0 spiro atoms. The maximum Gasteiger partial charge on any atom is -0.0116 e. The van der Waals surface area contributed by atoms with Crippen LogP contribution in [0.4, 0.5) is 0 Å². The highest BCUT2D eigenvalue weighted by Gasteiger charge is 2.32. The van der Waals surface area contributed by atoms with E-state index in [0.717, 1.165) is 0 Å². The summed E-state index contributed by atoms with van der Waals surface area (Å²) in [5, 5.41) is 0. The number of allylic oxidation sites excluding steroid dienone is 2. The Labute approximate surface area is 69.7 Å². The van der Waals surface area contributed by atoms with Gasteiger partial charge in [0.15, 0.2) is 0 Å². The summed E-state index contributed by atoms with van der Waals surface area (Å²) in [6.07, 6.45) is 12.5. The second kappa shape index (κ2) is 2.66. The van der Waals surface area contributed by atoms with Crippen LogP contribution in [0.3, 0.4) is 0 Å². The van der Waals surface area contributed by atoms with E-state index in [2.05, 4.69) is 13.0 Å². The van der Waals surface area contributed by atoms with Crippen LogP contribution in [-0.4, -0.2) is 0 Å². The van der Waals surface area contributed by atoms with Gasteiger partial charge in [0.05, 0.1) is 0 Å². The summed E-state index contributed by atoms with van der Waals surface area (Å²) in [6, 6.07) is 0. The molecule has 0 unspecified atom stereocenters. The van der Waals surface area contributed by atoms with Gasteiger partial charge in [-0.2, -0.15) is 0 Å². The Kier molecular flexibility index (Phi) is 1.78. The third-order valence-electron chi connectivity index (χ3n) is 3.52. The van der Waals surface area contributed by atoms with Gasteiger partial charge in [-0.1, -0.05) is 25.0 Å². The normalized spacial score (nSPS) is 37.7. The fourth-order valence-corrected chi connectivity index (χ4v) is 2.70. The van der Waals surface area contributed by atoms with Gasteiger partial charge < -0.3 is 0 Å². The molecule has 0 aromatic rings. The van der Waals surface area contributed by atoms with Crippen LogP contribution < -0.4 is 0 Å². The average molecular weight is 150 g/mol. The highest BCUT2D eigenvalue weighted by atomic mass is 14.4. The molecule has 0 aromatic heterocycles. The predicted molar refractivity (Wildman–Crippen MR) is 48.5 cm³/mol. The molecule has 0 radical (unpaired) electrons. The molecule has 11 heavy (non-hydrogen) atoms. The Hall–Kier alpha value is -0.260. The quantitative estimate of drug-likeness (QED) is 0.462. The number of hydrogen-bond acceptors (Lipinski definition) is 0. The summed E-state index contributed by atoms with van der Waals surface area (Å²) in [5.41, 5.74) is 2.42. The van der Waals surface area contributed by atoms with Crippen LogP contribution in [0, 0.1) is 5.41 Å². The first-order valence-electron chi connectivity index (χ1n) is 5.01. The van der Waals surface area contributed by atoms with E-state index in [1.807, 2.05) is 0 Å².